The van der Waals surface area contributed by atoms with Crippen LogP contribution in [0, 0.1) is 0 Å². The van der Waals surface area contributed by atoms with Crippen LogP contribution >= 0.6 is 35.0 Å². The highest BCUT2D eigenvalue weighted by atomic mass is 35.5. The summed E-state index contributed by atoms with van der Waals surface area (Å²) in [4.78, 5) is 26.2. The molecule has 2 amide bonds. The van der Waals surface area contributed by atoms with Crippen LogP contribution in [-0.2, 0) is 11.3 Å². The summed E-state index contributed by atoms with van der Waals surface area (Å²) in [7, 11) is 0. The maximum absolute atomic E-state index is 12.5. The zero-order valence-electron chi connectivity index (χ0n) is 13.0. The predicted molar refractivity (Wildman–Crippen MR) is 104 cm³/mol. The van der Waals surface area contributed by atoms with Crippen LogP contribution in [0.2, 0.25) is 10.0 Å². The number of carbonyl (C=O) groups excluding carboxylic acids is 2. The molecule has 1 saturated heterocycles. The highest BCUT2D eigenvalue weighted by Crippen LogP contribution is 2.33. The zero-order chi connectivity index (χ0) is 17.8. The summed E-state index contributed by atoms with van der Waals surface area (Å²) < 4.78 is 0. The van der Waals surface area contributed by atoms with E-state index in [0.717, 1.165) is 17.3 Å². The molecule has 3 rings (SSSR count). The van der Waals surface area contributed by atoms with Gasteiger partial charge in [0.25, 0.3) is 11.1 Å². The molecule has 0 bridgehead atoms. The topological polar surface area (TPSA) is 37.4 Å². The maximum atomic E-state index is 12.5. The predicted octanol–water partition coefficient (Wildman–Crippen LogP) is 5.79. The molecule has 0 N–H and O–H groups in total. The van der Waals surface area contributed by atoms with Gasteiger partial charge in [-0.05, 0) is 41.1 Å². The van der Waals surface area contributed by atoms with E-state index in [-0.39, 0.29) is 17.7 Å². The van der Waals surface area contributed by atoms with Crippen LogP contribution in [-0.4, -0.2) is 16.0 Å². The first-order chi connectivity index (χ1) is 12.0. The van der Waals surface area contributed by atoms with Crippen molar-refractivity contribution >= 4 is 52.2 Å². The molecular formula is C19H13Cl2NO2S. The summed E-state index contributed by atoms with van der Waals surface area (Å²) in [5.41, 5.74) is 1.69. The van der Waals surface area contributed by atoms with Crippen LogP contribution in [0.3, 0.4) is 0 Å². The molecule has 0 radical (unpaired) electrons. The fourth-order valence-electron chi connectivity index (χ4n) is 2.28. The van der Waals surface area contributed by atoms with Gasteiger partial charge in [0, 0.05) is 10.0 Å². The second-order valence-corrected chi connectivity index (χ2v) is 7.13. The second-order valence-electron chi connectivity index (χ2n) is 5.30. The first-order valence-corrected chi connectivity index (χ1v) is 9.03. The average molecular weight is 390 g/mol. The Hall–Kier alpha value is -2.01. The van der Waals surface area contributed by atoms with Crippen molar-refractivity contribution in [2.45, 2.75) is 6.54 Å². The first-order valence-electron chi connectivity index (χ1n) is 7.45. The summed E-state index contributed by atoms with van der Waals surface area (Å²) >= 11 is 12.9. The van der Waals surface area contributed by atoms with Crippen LogP contribution in [0.5, 0.6) is 0 Å². The van der Waals surface area contributed by atoms with Gasteiger partial charge in [-0.25, -0.2) is 0 Å². The minimum Gasteiger partial charge on any atom is -0.268 e. The van der Waals surface area contributed by atoms with E-state index in [0.29, 0.717) is 20.5 Å². The Bertz CT molecular complexity index is 878. The van der Waals surface area contributed by atoms with E-state index < -0.39 is 0 Å². The van der Waals surface area contributed by atoms with E-state index in [9.17, 15) is 9.59 Å². The Balaban J connectivity index is 1.73. The number of hydrogen-bond donors (Lipinski definition) is 0. The number of nitrogens with zero attached hydrogens (tertiary/aromatic N) is 1. The van der Waals surface area contributed by atoms with Gasteiger partial charge in [0.1, 0.15) is 0 Å². The van der Waals surface area contributed by atoms with E-state index in [1.54, 1.807) is 30.4 Å². The fraction of sp³-hybridized carbons (Fsp3) is 0.0526. The van der Waals surface area contributed by atoms with Gasteiger partial charge in [-0.15, -0.1) is 0 Å². The van der Waals surface area contributed by atoms with Crippen molar-refractivity contribution in [1.82, 2.24) is 4.90 Å². The number of carbonyl (C=O) groups is 2. The standard InChI is InChI=1S/C19H13Cl2NO2S/c20-15-10-9-14(16(21)11-15)12-22-18(23)17(25-19(22)24)8-4-7-13-5-2-1-3-6-13/h1-11H,12H2/b7-4+,17-8+. The molecule has 0 aliphatic carbocycles. The Labute approximate surface area is 159 Å². The fourth-order valence-corrected chi connectivity index (χ4v) is 3.54. The van der Waals surface area contributed by atoms with Gasteiger partial charge in [-0.1, -0.05) is 71.8 Å². The van der Waals surface area contributed by atoms with Crippen molar-refractivity contribution < 1.29 is 9.59 Å². The van der Waals surface area contributed by atoms with Crippen molar-refractivity contribution in [1.29, 1.82) is 0 Å². The first kappa shape index (κ1) is 17.8. The van der Waals surface area contributed by atoms with Crippen molar-refractivity contribution in [3.8, 4) is 0 Å². The summed E-state index contributed by atoms with van der Waals surface area (Å²) in [6.07, 6.45) is 5.30. The number of rotatable bonds is 4. The van der Waals surface area contributed by atoms with Gasteiger partial charge in [0.15, 0.2) is 0 Å². The van der Waals surface area contributed by atoms with Crippen LogP contribution < -0.4 is 0 Å². The monoisotopic (exact) mass is 389 g/mol. The second kappa shape index (κ2) is 7.91. The third-order valence-corrected chi connectivity index (χ3v) is 5.07. The molecule has 2 aromatic rings. The number of thioether (sulfide) groups is 1. The van der Waals surface area contributed by atoms with Crippen molar-refractivity contribution in [3.05, 3.63) is 86.8 Å². The Morgan fingerprint density at radius 2 is 1.80 bits per heavy atom. The lowest BCUT2D eigenvalue weighted by Crippen LogP contribution is -2.27. The van der Waals surface area contributed by atoms with Crippen LogP contribution in [0.25, 0.3) is 6.08 Å². The highest BCUT2D eigenvalue weighted by Gasteiger charge is 2.34. The molecular weight excluding hydrogens is 377 g/mol. The number of benzene rings is 2. The molecule has 1 aliphatic rings. The van der Waals surface area contributed by atoms with Crippen molar-refractivity contribution in [2.24, 2.45) is 0 Å². The van der Waals surface area contributed by atoms with Gasteiger partial charge in [0.2, 0.25) is 0 Å². The largest absolute Gasteiger partial charge is 0.293 e. The molecule has 1 fully saturated rings. The summed E-state index contributed by atoms with van der Waals surface area (Å²) in [6, 6.07) is 14.7. The highest BCUT2D eigenvalue weighted by molar-refractivity contribution is 8.18. The van der Waals surface area contributed by atoms with E-state index in [1.165, 1.54) is 4.90 Å². The minimum absolute atomic E-state index is 0.125. The molecule has 126 valence electrons. The third kappa shape index (κ3) is 4.34. The number of hydrogen-bond acceptors (Lipinski definition) is 3. The number of imide groups is 1. The van der Waals surface area contributed by atoms with Gasteiger partial charge < -0.3 is 0 Å². The normalized spacial score (nSPS) is 16.4. The number of halogens is 2. The molecule has 0 spiro atoms. The lowest BCUT2D eigenvalue weighted by atomic mass is 10.2. The number of allylic oxidation sites excluding steroid dienone is 2. The molecule has 1 aliphatic heterocycles. The molecule has 25 heavy (non-hydrogen) atoms. The molecule has 0 unspecified atom stereocenters. The van der Waals surface area contributed by atoms with Gasteiger partial charge >= 0.3 is 0 Å². The van der Waals surface area contributed by atoms with Crippen molar-refractivity contribution in [2.75, 3.05) is 0 Å². The smallest absolute Gasteiger partial charge is 0.268 e. The average Bonchev–Trinajstić information content (AvgIpc) is 2.86. The molecule has 3 nitrogen and oxygen atoms in total. The van der Waals surface area contributed by atoms with Gasteiger partial charge in [-0.2, -0.15) is 0 Å². The summed E-state index contributed by atoms with van der Waals surface area (Å²) in [6.45, 7) is 0.125. The Morgan fingerprint density at radius 1 is 1.04 bits per heavy atom. The molecule has 0 saturated carbocycles. The summed E-state index contributed by atoms with van der Waals surface area (Å²) in [5, 5.41) is 0.628. The molecule has 6 heteroatoms. The van der Waals surface area contributed by atoms with Crippen LogP contribution in [0.4, 0.5) is 4.79 Å². The van der Waals surface area contributed by atoms with Gasteiger partial charge in [-0.3, -0.25) is 14.5 Å². The SMILES string of the molecule is O=C1S/C(=C/C=C/c2ccccc2)C(=O)N1Cc1ccc(Cl)cc1Cl. The Kier molecular flexibility index (Phi) is 5.63. The summed E-state index contributed by atoms with van der Waals surface area (Å²) in [5.74, 6) is -0.321. The van der Waals surface area contributed by atoms with Gasteiger partial charge in [0.05, 0.1) is 11.4 Å². The quantitative estimate of drug-likeness (QED) is 0.621. The molecule has 0 atom stereocenters. The number of amides is 2. The molecule has 2 aromatic carbocycles. The van der Waals surface area contributed by atoms with Crippen molar-refractivity contribution in [3.63, 3.8) is 0 Å². The zero-order valence-corrected chi connectivity index (χ0v) is 15.3. The van der Waals surface area contributed by atoms with Crippen LogP contribution in [0.15, 0.2) is 65.6 Å². The third-order valence-electron chi connectivity index (χ3n) is 3.55. The molecule has 0 aromatic heterocycles. The maximum Gasteiger partial charge on any atom is 0.293 e. The van der Waals surface area contributed by atoms with E-state index in [1.807, 2.05) is 36.4 Å². The van der Waals surface area contributed by atoms with E-state index in [2.05, 4.69) is 0 Å². The van der Waals surface area contributed by atoms with E-state index >= 15 is 0 Å². The van der Waals surface area contributed by atoms with E-state index in [4.69, 9.17) is 23.2 Å². The lowest BCUT2D eigenvalue weighted by molar-refractivity contribution is -0.123. The molecule has 1 heterocycles. The Morgan fingerprint density at radius 3 is 2.52 bits per heavy atom. The van der Waals surface area contributed by atoms with Crippen LogP contribution in [0.1, 0.15) is 11.1 Å². The minimum atomic E-state index is -0.321. The lowest BCUT2D eigenvalue weighted by Gasteiger charge is -2.13.